The molecule has 0 aromatic heterocycles. The minimum absolute atomic E-state index is 0.0295. The predicted molar refractivity (Wildman–Crippen MR) is 91.3 cm³/mol. The number of hydrogen-bond acceptors (Lipinski definition) is 5. The quantitative estimate of drug-likeness (QED) is 0.702. The zero-order valence-electron chi connectivity index (χ0n) is 15.5. The molecule has 1 unspecified atom stereocenters. The third kappa shape index (κ3) is 4.64. The van der Waals surface area contributed by atoms with Gasteiger partial charge in [0, 0.05) is 39.4 Å². The molecule has 146 valence electrons. The number of hydrogen-bond donors (Lipinski definition) is 2. The van der Waals surface area contributed by atoms with Crippen molar-refractivity contribution >= 4 is 23.9 Å². The lowest BCUT2D eigenvalue weighted by molar-refractivity contribution is -0.140. The van der Waals surface area contributed by atoms with E-state index in [0.717, 1.165) is 0 Å². The number of aliphatic carboxylic acids is 1. The normalized spacial score (nSPS) is 20.2. The summed E-state index contributed by atoms with van der Waals surface area (Å²) in [6, 6.07) is -0.570. The average Bonchev–Trinajstić information content (AvgIpc) is 2.85. The fraction of sp³-hybridized carbons (Fsp3) is 0.765. The summed E-state index contributed by atoms with van der Waals surface area (Å²) in [6.07, 6.45) is 0.379. The molecule has 2 N–H and O–H groups in total. The third-order valence-electron chi connectivity index (χ3n) is 4.91. The Morgan fingerprint density at radius 1 is 1.27 bits per heavy atom. The van der Waals surface area contributed by atoms with E-state index in [1.54, 1.807) is 4.90 Å². The first kappa shape index (κ1) is 20.0. The molecule has 3 amide bonds. The minimum Gasteiger partial charge on any atom is -0.481 e. The standard InChI is InChI=1S/C17H27N3O6/c1-11(2)14(18-12(3)21)15(24)19-8-5-17(6-9-19)10-20(16(25)26-17)7-4-13(22)23/h11,14H,4-10H2,1-3H3,(H,18,21)(H,22,23). The van der Waals surface area contributed by atoms with Crippen LogP contribution in [0.4, 0.5) is 4.79 Å². The first-order valence-electron chi connectivity index (χ1n) is 8.89. The largest absolute Gasteiger partial charge is 0.481 e. The Balaban J connectivity index is 1.94. The second kappa shape index (κ2) is 7.92. The van der Waals surface area contributed by atoms with Crippen molar-refractivity contribution in [2.75, 3.05) is 26.2 Å². The van der Waals surface area contributed by atoms with Gasteiger partial charge in [-0.05, 0) is 5.92 Å². The van der Waals surface area contributed by atoms with E-state index >= 15 is 0 Å². The second-order valence-corrected chi connectivity index (χ2v) is 7.36. The highest BCUT2D eigenvalue weighted by Crippen LogP contribution is 2.33. The lowest BCUT2D eigenvalue weighted by Gasteiger charge is -2.39. The number of likely N-dealkylation sites (tertiary alicyclic amines) is 1. The number of nitrogens with zero attached hydrogens (tertiary/aromatic N) is 2. The zero-order valence-corrected chi connectivity index (χ0v) is 15.5. The molecule has 2 aliphatic rings. The Kier molecular flexibility index (Phi) is 6.09. The van der Waals surface area contributed by atoms with Gasteiger partial charge in [-0.15, -0.1) is 0 Å². The Bertz CT molecular complexity index is 583. The second-order valence-electron chi connectivity index (χ2n) is 7.36. The minimum atomic E-state index is -0.961. The molecule has 2 heterocycles. The van der Waals surface area contributed by atoms with Gasteiger partial charge in [0.15, 0.2) is 0 Å². The first-order valence-corrected chi connectivity index (χ1v) is 8.89. The van der Waals surface area contributed by atoms with Crippen molar-refractivity contribution in [2.24, 2.45) is 5.92 Å². The van der Waals surface area contributed by atoms with Crippen molar-refractivity contribution in [1.82, 2.24) is 15.1 Å². The summed E-state index contributed by atoms with van der Waals surface area (Å²) in [5.41, 5.74) is -0.659. The molecule has 0 bridgehead atoms. The molecule has 0 saturated carbocycles. The number of carboxylic acid groups (broad SMARTS) is 1. The van der Waals surface area contributed by atoms with Gasteiger partial charge >= 0.3 is 12.1 Å². The molecule has 2 saturated heterocycles. The van der Waals surface area contributed by atoms with Gasteiger partial charge in [0.1, 0.15) is 11.6 Å². The highest BCUT2D eigenvalue weighted by atomic mass is 16.6. The molecule has 0 radical (unpaired) electrons. The van der Waals surface area contributed by atoms with Crippen LogP contribution in [0.3, 0.4) is 0 Å². The van der Waals surface area contributed by atoms with Crippen LogP contribution in [-0.2, 0) is 19.1 Å². The predicted octanol–water partition coefficient (Wildman–Crippen LogP) is 0.435. The van der Waals surface area contributed by atoms with Crippen LogP contribution in [0.25, 0.3) is 0 Å². The molecule has 2 fully saturated rings. The van der Waals surface area contributed by atoms with Gasteiger partial charge in [-0.3, -0.25) is 14.4 Å². The van der Waals surface area contributed by atoms with Gasteiger partial charge in [0.05, 0.1) is 13.0 Å². The molecule has 9 heteroatoms. The summed E-state index contributed by atoms with van der Waals surface area (Å²) in [5, 5.41) is 11.5. The number of ether oxygens (including phenoxy) is 1. The maximum Gasteiger partial charge on any atom is 0.410 e. The van der Waals surface area contributed by atoms with E-state index in [1.165, 1.54) is 11.8 Å². The lowest BCUT2D eigenvalue weighted by Crippen LogP contribution is -2.55. The molecular formula is C17H27N3O6. The van der Waals surface area contributed by atoms with Crippen molar-refractivity contribution in [2.45, 2.75) is 51.7 Å². The molecule has 0 aromatic rings. The van der Waals surface area contributed by atoms with Crippen molar-refractivity contribution < 1.29 is 29.0 Å². The lowest BCUT2D eigenvalue weighted by atomic mass is 9.90. The summed E-state index contributed by atoms with van der Waals surface area (Å²) in [4.78, 5) is 49.8. The van der Waals surface area contributed by atoms with Crippen molar-refractivity contribution in [3.05, 3.63) is 0 Å². The average molecular weight is 369 g/mol. The molecule has 9 nitrogen and oxygen atoms in total. The van der Waals surface area contributed by atoms with E-state index in [4.69, 9.17) is 9.84 Å². The Morgan fingerprint density at radius 3 is 2.38 bits per heavy atom. The third-order valence-corrected chi connectivity index (χ3v) is 4.91. The van der Waals surface area contributed by atoms with Gasteiger partial charge in [-0.1, -0.05) is 13.8 Å². The fourth-order valence-corrected chi connectivity index (χ4v) is 3.42. The summed E-state index contributed by atoms with van der Waals surface area (Å²) < 4.78 is 5.52. The van der Waals surface area contributed by atoms with E-state index in [1.807, 2.05) is 13.8 Å². The van der Waals surface area contributed by atoms with Crippen LogP contribution < -0.4 is 5.32 Å². The van der Waals surface area contributed by atoms with Crippen molar-refractivity contribution in [1.29, 1.82) is 0 Å². The van der Waals surface area contributed by atoms with Crippen LogP contribution in [0.2, 0.25) is 0 Å². The number of carboxylic acids is 1. The Hall–Kier alpha value is -2.32. The van der Waals surface area contributed by atoms with Crippen LogP contribution in [0.1, 0.15) is 40.0 Å². The molecule has 2 rings (SSSR count). The molecule has 1 spiro atoms. The van der Waals surface area contributed by atoms with Crippen LogP contribution in [0.5, 0.6) is 0 Å². The summed E-state index contributed by atoms with van der Waals surface area (Å²) in [5.74, 6) is -1.36. The highest BCUT2D eigenvalue weighted by Gasteiger charge is 2.47. The van der Waals surface area contributed by atoms with Crippen LogP contribution in [-0.4, -0.2) is 76.6 Å². The fourth-order valence-electron chi connectivity index (χ4n) is 3.42. The smallest absolute Gasteiger partial charge is 0.410 e. The van der Waals surface area contributed by atoms with Crippen LogP contribution in [0, 0.1) is 5.92 Å². The van der Waals surface area contributed by atoms with Crippen LogP contribution >= 0.6 is 0 Å². The Labute approximate surface area is 152 Å². The molecule has 0 aromatic carbocycles. The number of rotatable bonds is 6. The van der Waals surface area contributed by atoms with E-state index in [-0.39, 0.29) is 30.7 Å². The summed E-state index contributed by atoms with van der Waals surface area (Å²) in [7, 11) is 0. The van der Waals surface area contributed by atoms with E-state index in [9.17, 15) is 19.2 Å². The number of carbonyl (C=O) groups is 4. The topological polar surface area (TPSA) is 116 Å². The Morgan fingerprint density at radius 2 is 1.88 bits per heavy atom. The van der Waals surface area contributed by atoms with E-state index in [0.29, 0.717) is 32.5 Å². The van der Waals surface area contributed by atoms with Gasteiger partial charge in [0.25, 0.3) is 0 Å². The van der Waals surface area contributed by atoms with Crippen molar-refractivity contribution in [3.8, 4) is 0 Å². The SMILES string of the molecule is CC(=O)NC(C(=O)N1CCC2(CC1)CN(CCC(=O)O)C(=O)O2)C(C)C. The summed E-state index contributed by atoms with van der Waals surface area (Å²) >= 11 is 0. The van der Waals surface area contributed by atoms with Gasteiger partial charge < -0.3 is 25.0 Å². The maximum atomic E-state index is 12.7. The van der Waals surface area contributed by atoms with Gasteiger partial charge in [-0.25, -0.2) is 4.79 Å². The first-order chi connectivity index (χ1) is 12.1. The van der Waals surface area contributed by atoms with Gasteiger partial charge in [-0.2, -0.15) is 0 Å². The number of piperidine rings is 1. The van der Waals surface area contributed by atoms with Crippen molar-refractivity contribution in [3.63, 3.8) is 0 Å². The summed E-state index contributed by atoms with van der Waals surface area (Å²) in [6.45, 7) is 6.48. The molecule has 0 aliphatic carbocycles. The highest BCUT2D eigenvalue weighted by molar-refractivity contribution is 5.87. The number of nitrogens with one attached hydrogen (secondary N) is 1. The monoisotopic (exact) mass is 369 g/mol. The van der Waals surface area contributed by atoms with E-state index < -0.39 is 23.7 Å². The number of carbonyl (C=O) groups excluding carboxylic acids is 3. The van der Waals surface area contributed by atoms with E-state index in [2.05, 4.69) is 5.32 Å². The number of amides is 3. The van der Waals surface area contributed by atoms with Crippen LogP contribution in [0.15, 0.2) is 0 Å². The molecule has 2 aliphatic heterocycles. The molecular weight excluding hydrogens is 342 g/mol. The zero-order chi connectivity index (χ0) is 19.5. The maximum absolute atomic E-state index is 12.7. The van der Waals surface area contributed by atoms with Gasteiger partial charge in [0.2, 0.25) is 11.8 Å². The molecule has 1 atom stereocenters. The molecule has 26 heavy (non-hydrogen) atoms.